The number of hydrogen-bond acceptors (Lipinski definition) is 3. The van der Waals surface area contributed by atoms with Gasteiger partial charge in [0, 0.05) is 0 Å². The first kappa shape index (κ1) is 20.0. The lowest BCUT2D eigenvalue weighted by atomic mass is 9.75. The summed E-state index contributed by atoms with van der Waals surface area (Å²) < 4.78 is 0. The van der Waals surface area contributed by atoms with Crippen molar-refractivity contribution in [1.29, 1.82) is 0 Å². The van der Waals surface area contributed by atoms with Gasteiger partial charge in [0.2, 0.25) is 0 Å². The molecule has 0 radical (unpaired) electrons. The minimum absolute atomic E-state index is 0.000884. The van der Waals surface area contributed by atoms with Crippen LogP contribution in [0.2, 0.25) is 0 Å². The molecule has 0 aromatic heterocycles. The van der Waals surface area contributed by atoms with Crippen LogP contribution >= 0.6 is 0 Å². The smallest absolute Gasteiger partial charge is 0.293 e. The van der Waals surface area contributed by atoms with E-state index in [0.717, 1.165) is 35.1 Å². The maximum atomic E-state index is 12.8. The maximum absolute atomic E-state index is 12.8. The average molecular weight is 347 g/mol. The molecule has 25 heavy (non-hydrogen) atoms. The molecular weight excluding hydrogens is 312 g/mol. The normalized spacial score (nSPS) is 23.8. The second-order valence-corrected chi connectivity index (χ2v) is 8.33. The Morgan fingerprint density at radius 3 is 1.96 bits per heavy atom. The molecule has 3 heteroatoms. The van der Waals surface area contributed by atoms with Crippen LogP contribution in [0.4, 0.5) is 0 Å². The predicted octanol–water partition coefficient (Wildman–Crippen LogP) is 5.78. The van der Waals surface area contributed by atoms with Crippen LogP contribution in [0.15, 0.2) is 0 Å². The Morgan fingerprint density at radius 2 is 1.44 bits per heavy atom. The summed E-state index contributed by atoms with van der Waals surface area (Å²) in [5.74, 6) is 1.24. The lowest BCUT2D eigenvalue weighted by Crippen LogP contribution is -2.35. The summed E-state index contributed by atoms with van der Waals surface area (Å²) in [4.78, 5) is 23.8. The van der Waals surface area contributed by atoms with Crippen molar-refractivity contribution < 1.29 is 14.6 Å². The van der Waals surface area contributed by atoms with Crippen molar-refractivity contribution in [2.75, 3.05) is 0 Å². The zero-order chi connectivity index (χ0) is 18.9. The van der Waals surface area contributed by atoms with Crippen molar-refractivity contribution in [2.24, 2.45) is 17.8 Å². The van der Waals surface area contributed by atoms with E-state index in [0.29, 0.717) is 23.3 Å². The lowest BCUT2D eigenvalue weighted by molar-refractivity contribution is -0.296. The van der Waals surface area contributed by atoms with Crippen LogP contribution in [0.5, 0.6) is 0 Å². The highest BCUT2D eigenvalue weighted by Crippen LogP contribution is 2.36. The Balaban J connectivity index is 2.17. The molecule has 0 spiro atoms. The van der Waals surface area contributed by atoms with Crippen LogP contribution in [0.25, 0.3) is 0 Å². The molecule has 0 heterocycles. The van der Waals surface area contributed by atoms with Crippen molar-refractivity contribution in [2.45, 2.75) is 80.8 Å². The first-order chi connectivity index (χ1) is 11.6. The molecule has 1 aliphatic rings. The van der Waals surface area contributed by atoms with Gasteiger partial charge in [-0.25, -0.2) is 4.79 Å². The monoisotopic (exact) mass is 346 g/mol. The number of carbonyl (C=O) groups is 1. The summed E-state index contributed by atoms with van der Waals surface area (Å²) in [7, 11) is 0. The van der Waals surface area contributed by atoms with Crippen LogP contribution in [-0.2, 0) is 9.78 Å². The van der Waals surface area contributed by atoms with Crippen LogP contribution in [0, 0.1) is 52.4 Å². The van der Waals surface area contributed by atoms with Crippen molar-refractivity contribution in [3.63, 3.8) is 0 Å². The van der Waals surface area contributed by atoms with E-state index in [4.69, 9.17) is 9.78 Å². The second kappa shape index (κ2) is 7.90. The fraction of sp³-hybridized carbons (Fsp3) is 0.682. The molecule has 1 aliphatic carbocycles. The molecule has 3 atom stereocenters. The van der Waals surface area contributed by atoms with E-state index in [1.54, 1.807) is 0 Å². The quantitative estimate of drug-likeness (QED) is 0.512. The van der Waals surface area contributed by atoms with E-state index in [9.17, 15) is 4.79 Å². The Labute approximate surface area is 153 Å². The molecule has 0 bridgehead atoms. The van der Waals surface area contributed by atoms with Gasteiger partial charge in [0.1, 0.15) is 6.10 Å². The minimum atomic E-state index is -0.359. The van der Waals surface area contributed by atoms with Gasteiger partial charge in [0.25, 0.3) is 0 Å². The van der Waals surface area contributed by atoms with Crippen LogP contribution in [0.3, 0.4) is 0 Å². The number of rotatable bonds is 4. The molecular formula is C22H34O3. The molecule has 0 amide bonds. The highest BCUT2D eigenvalue weighted by molar-refractivity contribution is 5.93. The van der Waals surface area contributed by atoms with Crippen LogP contribution < -0.4 is 0 Å². The van der Waals surface area contributed by atoms with Crippen molar-refractivity contribution in [1.82, 2.24) is 0 Å². The highest BCUT2D eigenvalue weighted by atomic mass is 17.2. The van der Waals surface area contributed by atoms with Gasteiger partial charge in [-0.3, -0.25) is 4.89 Å². The Bertz CT molecular complexity index is 616. The Morgan fingerprint density at radius 1 is 0.920 bits per heavy atom. The molecule has 0 saturated heterocycles. The first-order valence-corrected chi connectivity index (χ1v) is 9.59. The zero-order valence-electron chi connectivity index (χ0n) is 17.2. The van der Waals surface area contributed by atoms with Gasteiger partial charge in [0.15, 0.2) is 0 Å². The molecule has 2 rings (SSSR count). The summed E-state index contributed by atoms with van der Waals surface area (Å²) in [6.45, 7) is 16.9. The topological polar surface area (TPSA) is 35.5 Å². The molecule has 1 fully saturated rings. The molecule has 0 aliphatic heterocycles. The molecule has 3 nitrogen and oxygen atoms in total. The van der Waals surface area contributed by atoms with Gasteiger partial charge < -0.3 is 0 Å². The molecule has 1 aromatic rings. The van der Waals surface area contributed by atoms with Gasteiger partial charge in [-0.15, -0.1) is 0 Å². The maximum Gasteiger partial charge on any atom is 0.373 e. The summed E-state index contributed by atoms with van der Waals surface area (Å²) in [6.07, 6.45) is 3.33. The molecule has 3 unspecified atom stereocenters. The van der Waals surface area contributed by atoms with Crippen molar-refractivity contribution in [3.8, 4) is 0 Å². The van der Waals surface area contributed by atoms with E-state index in [2.05, 4.69) is 41.5 Å². The SMILES string of the molecule is Cc1c(C)c(C)c(C(=O)OOC2CC(C)CCC2C(C)C)c(C)c1C. The van der Waals surface area contributed by atoms with E-state index in [-0.39, 0.29) is 12.1 Å². The van der Waals surface area contributed by atoms with E-state index in [1.165, 1.54) is 12.0 Å². The summed E-state index contributed by atoms with van der Waals surface area (Å²) in [6, 6.07) is 0. The summed E-state index contributed by atoms with van der Waals surface area (Å²) in [5.41, 5.74) is 6.19. The molecule has 140 valence electrons. The summed E-state index contributed by atoms with van der Waals surface area (Å²) in [5, 5.41) is 0. The van der Waals surface area contributed by atoms with Gasteiger partial charge in [-0.2, -0.15) is 4.89 Å². The fourth-order valence-electron chi connectivity index (χ4n) is 4.18. The van der Waals surface area contributed by atoms with Crippen LogP contribution in [0.1, 0.15) is 78.2 Å². The minimum Gasteiger partial charge on any atom is -0.293 e. The zero-order valence-corrected chi connectivity index (χ0v) is 17.2. The third-order valence-electron chi connectivity index (χ3n) is 6.41. The van der Waals surface area contributed by atoms with E-state index in [1.807, 2.05) is 13.8 Å². The number of carbonyl (C=O) groups excluding carboxylic acids is 1. The highest BCUT2D eigenvalue weighted by Gasteiger charge is 2.33. The molecule has 0 N–H and O–H groups in total. The van der Waals surface area contributed by atoms with Gasteiger partial charge >= 0.3 is 5.97 Å². The molecule has 1 saturated carbocycles. The molecule has 1 aromatic carbocycles. The summed E-state index contributed by atoms with van der Waals surface area (Å²) >= 11 is 0. The van der Waals surface area contributed by atoms with Crippen molar-refractivity contribution in [3.05, 3.63) is 33.4 Å². The van der Waals surface area contributed by atoms with Crippen LogP contribution in [-0.4, -0.2) is 12.1 Å². The number of benzene rings is 1. The third kappa shape index (κ3) is 4.08. The Hall–Kier alpha value is -1.35. The van der Waals surface area contributed by atoms with Gasteiger partial charge in [0.05, 0.1) is 5.56 Å². The first-order valence-electron chi connectivity index (χ1n) is 9.59. The fourth-order valence-corrected chi connectivity index (χ4v) is 4.18. The number of hydrogen-bond donors (Lipinski definition) is 0. The second-order valence-electron chi connectivity index (χ2n) is 8.33. The standard InChI is InChI=1S/C22H34O3/c1-12(2)19-10-9-13(3)11-20(19)24-25-22(23)21-17(7)15(5)14(4)16(6)18(21)8/h12-13,19-20H,9-11H2,1-8H3. The largest absolute Gasteiger partial charge is 0.373 e. The van der Waals surface area contributed by atoms with E-state index < -0.39 is 0 Å². The third-order valence-corrected chi connectivity index (χ3v) is 6.41. The Kier molecular flexibility index (Phi) is 6.31. The van der Waals surface area contributed by atoms with E-state index >= 15 is 0 Å². The van der Waals surface area contributed by atoms with Gasteiger partial charge in [-0.1, -0.05) is 27.2 Å². The average Bonchev–Trinajstić information content (AvgIpc) is 2.56. The lowest BCUT2D eigenvalue weighted by Gasteiger charge is -2.35. The predicted molar refractivity (Wildman–Crippen MR) is 102 cm³/mol. The van der Waals surface area contributed by atoms with Crippen molar-refractivity contribution >= 4 is 5.97 Å². The van der Waals surface area contributed by atoms with Gasteiger partial charge in [-0.05, 0) is 93.0 Å².